The van der Waals surface area contributed by atoms with Crippen LogP contribution in [0.5, 0.6) is 0 Å². The second-order valence-electron chi connectivity index (χ2n) is 3.90. The third-order valence-electron chi connectivity index (χ3n) is 2.62. The third kappa shape index (κ3) is 2.07. The van der Waals surface area contributed by atoms with Crippen LogP contribution in [0.25, 0.3) is 0 Å². The molecule has 4 unspecified atom stereocenters. The van der Waals surface area contributed by atoms with Crippen molar-refractivity contribution in [1.82, 2.24) is 14.8 Å². The largest absolute Gasteiger partial charge is 0.394 e. The van der Waals surface area contributed by atoms with E-state index in [0.717, 1.165) is 0 Å². The number of hydrogen-bond donors (Lipinski definition) is 4. The average molecular weight is 242 g/mol. The lowest BCUT2D eigenvalue weighted by Gasteiger charge is -2.13. The molecule has 0 saturated carbocycles. The predicted octanol–water partition coefficient (Wildman–Crippen LogP) is -1.72. The van der Waals surface area contributed by atoms with Crippen molar-refractivity contribution in [3.8, 4) is 0 Å². The standard InChI is InChI=1S/C9H14N4O4/c1-4(10)8-11-3-13(12-8)9-7(16)6(15)5(2-14)17-9/h3,5-7,9-10,14-16H,2H2,1H3. The van der Waals surface area contributed by atoms with Gasteiger partial charge in [0.05, 0.1) is 12.3 Å². The molecule has 94 valence electrons. The first kappa shape index (κ1) is 12.1. The maximum Gasteiger partial charge on any atom is 0.194 e. The number of nitrogens with zero attached hydrogens (tertiary/aromatic N) is 3. The molecule has 8 heteroatoms. The molecule has 17 heavy (non-hydrogen) atoms. The van der Waals surface area contributed by atoms with Crippen LogP contribution in [0.1, 0.15) is 19.0 Å². The van der Waals surface area contributed by atoms with E-state index in [-0.39, 0.29) is 18.1 Å². The van der Waals surface area contributed by atoms with Gasteiger partial charge in [-0.3, -0.25) is 0 Å². The normalized spacial score (nSPS) is 32.9. The Balaban J connectivity index is 2.19. The Hall–Kier alpha value is -1.35. The fraction of sp³-hybridized carbons (Fsp3) is 0.667. The van der Waals surface area contributed by atoms with Crippen LogP contribution in [0, 0.1) is 5.41 Å². The van der Waals surface area contributed by atoms with Gasteiger partial charge in [-0.25, -0.2) is 9.67 Å². The van der Waals surface area contributed by atoms with E-state index in [1.807, 2.05) is 0 Å². The summed E-state index contributed by atoms with van der Waals surface area (Å²) in [5, 5.41) is 39.5. The molecule has 2 heterocycles. The van der Waals surface area contributed by atoms with Crippen LogP contribution < -0.4 is 0 Å². The van der Waals surface area contributed by atoms with E-state index in [4.69, 9.17) is 15.3 Å². The summed E-state index contributed by atoms with van der Waals surface area (Å²) < 4.78 is 6.49. The third-order valence-corrected chi connectivity index (χ3v) is 2.62. The first-order valence-electron chi connectivity index (χ1n) is 5.13. The quantitative estimate of drug-likeness (QED) is 0.467. The van der Waals surface area contributed by atoms with Gasteiger partial charge in [-0.1, -0.05) is 0 Å². The highest BCUT2D eigenvalue weighted by Gasteiger charge is 2.43. The van der Waals surface area contributed by atoms with Crippen LogP contribution in [0.3, 0.4) is 0 Å². The summed E-state index contributed by atoms with van der Waals surface area (Å²) in [5.74, 6) is 0.225. The number of nitrogens with one attached hydrogen (secondary N) is 1. The van der Waals surface area contributed by atoms with Gasteiger partial charge in [0, 0.05) is 0 Å². The van der Waals surface area contributed by atoms with Crippen molar-refractivity contribution in [3.05, 3.63) is 12.2 Å². The van der Waals surface area contributed by atoms with Gasteiger partial charge >= 0.3 is 0 Å². The second-order valence-corrected chi connectivity index (χ2v) is 3.90. The Labute approximate surface area is 97.0 Å². The van der Waals surface area contributed by atoms with E-state index in [9.17, 15) is 10.2 Å². The molecule has 4 N–H and O–H groups in total. The van der Waals surface area contributed by atoms with Crippen molar-refractivity contribution >= 4 is 5.71 Å². The van der Waals surface area contributed by atoms with Crippen LogP contribution in [-0.4, -0.2) is 60.7 Å². The minimum Gasteiger partial charge on any atom is -0.394 e. The molecule has 8 nitrogen and oxygen atoms in total. The molecule has 0 radical (unpaired) electrons. The summed E-state index contributed by atoms with van der Waals surface area (Å²) in [6.07, 6.45) is -2.79. The molecule has 0 aromatic carbocycles. The van der Waals surface area contributed by atoms with Crippen LogP contribution in [0.2, 0.25) is 0 Å². The highest BCUT2D eigenvalue weighted by molar-refractivity contribution is 5.92. The first-order chi connectivity index (χ1) is 8.04. The van der Waals surface area contributed by atoms with Gasteiger partial charge < -0.3 is 25.5 Å². The van der Waals surface area contributed by atoms with E-state index in [1.54, 1.807) is 0 Å². The Morgan fingerprint density at radius 2 is 2.24 bits per heavy atom. The number of rotatable bonds is 3. The Morgan fingerprint density at radius 3 is 2.71 bits per heavy atom. The Bertz CT molecular complexity index is 421. The first-order valence-corrected chi connectivity index (χ1v) is 5.13. The zero-order valence-electron chi connectivity index (χ0n) is 9.19. The van der Waals surface area contributed by atoms with Crippen LogP contribution >= 0.6 is 0 Å². The van der Waals surface area contributed by atoms with Crippen LogP contribution in [0.4, 0.5) is 0 Å². The summed E-state index contributed by atoms with van der Waals surface area (Å²) in [6, 6.07) is 0. The molecule has 0 bridgehead atoms. The lowest BCUT2D eigenvalue weighted by molar-refractivity contribution is -0.0588. The maximum absolute atomic E-state index is 9.73. The van der Waals surface area contributed by atoms with E-state index < -0.39 is 24.5 Å². The number of ether oxygens (including phenoxy) is 1. The molecule has 2 rings (SSSR count). The number of hydrogen-bond acceptors (Lipinski definition) is 7. The Kier molecular flexibility index (Phi) is 3.20. The van der Waals surface area contributed by atoms with Crippen molar-refractivity contribution in [2.45, 2.75) is 31.5 Å². The number of aliphatic hydroxyl groups is 3. The molecule has 1 saturated heterocycles. The molecule has 0 spiro atoms. The van der Waals surface area contributed by atoms with Gasteiger partial charge in [0.2, 0.25) is 0 Å². The maximum atomic E-state index is 9.73. The molecular formula is C9H14N4O4. The Morgan fingerprint density at radius 1 is 1.53 bits per heavy atom. The minimum atomic E-state index is -1.19. The summed E-state index contributed by atoms with van der Waals surface area (Å²) in [7, 11) is 0. The van der Waals surface area contributed by atoms with E-state index in [0.29, 0.717) is 0 Å². The monoisotopic (exact) mass is 242 g/mol. The topological polar surface area (TPSA) is 124 Å². The van der Waals surface area contributed by atoms with Crippen LogP contribution in [-0.2, 0) is 4.74 Å². The molecule has 1 aromatic rings. The lowest BCUT2D eigenvalue weighted by atomic mass is 10.1. The van der Waals surface area contributed by atoms with Crippen molar-refractivity contribution in [2.24, 2.45) is 0 Å². The zero-order chi connectivity index (χ0) is 12.6. The molecule has 1 fully saturated rings. The summed E-state index contributed by atoms with van der Waals surface area (Å²) >= 11 is 0. The molecule has 1 aliphatic rings. The fourth-order valence-electron chi connectivity index (χ4n) is 1.67. The second kappa shape index (κ2) is 4.49. The minimum absolute atomic E-state index is 0.190. The molecule has 0 amide bonds. The van der Waals surface area contributed by atoms with E-state index in [1.165, 1.54) is 17.9 Å². The smallest absolute Gasteiger partial charge is 0.194 e. The summed E-state index contributed by atoms with van der Waals surface area (Å²) in [5.41, 5.74) is 0.190. The van der Waals surface area contributed by atoms with Gasteiger partial charge in [0.25, 0.3) is 0 Å². The predicted molar refractivity (Wildman–Crippen MR) is 55.5 cm³/mol. The van der Waals surface area contributed by atoms with E-state index >= 15 is 0 Å². The van der Waals surface area contributed by atoms with Gasteiger partial charge in [0.15, 0.2) is 12.1 Å². The van der Waals surface area contributed by atoms with Gasteiger partial charge in [-0.15, -0.1) is 5.10 Å². The molecule has 1 aromatic heterocycles. The molecular weight excluding hydrogens is 228 g/mol. The summed E-state index contributed by atoms with van der Waals surface area (Å²) in [4.78, 5) is 3.86. The molecule has 1 aliphatic heterocycles. The number of aromatic nitrogens is 3. The van der Waals surface area contributed by atoms with E-state index in [2.05, 4.69) is 10.1 Å². The van der Waals surface area contributed by atoms with Crippen molar-refractivity contribution in [2.75, 3.05) is 6.61 Å². The highest BCUT2D eigenvalue weighted by Crippen LogP contribution is 2.28. The van der Waals surface area contributed by atoms with Crippen LogP contribution in [0.15, 0.2) is 6.33 Å². The lowest BCUT2D eigenvalue weighted by Crippen LogP contribution is -2.33. The van der Waals surface area contributed by atoms with Gasteiger partial charge in [0.1, 0.15) is 24.6 Å². The van der Waals surface area contributed by atoms with Crippen molar-refractivity contribution in [1.29, 1.82) is 5.41 Å². The highest BCUT2D eigenvalue weighted by atomic mass is 16.6. The number of aliphatic hydroxyl groups excluding tert-OH is 3. The molecule has 0 aliphatic carbocycles. The van der Waals surface area contributed by atoms with Gasteiger partial charge in [-0.05, 0) is 6.92 Å². The zero-order valence-corrected chi connectivity index (χ0v) is 9.19. The average Bonchev–Trinajstić information content (AvgIpc) is 2.87. The SMILES string of the molecule is CC(=N)c1ncn(C2OC(CO)C(O)C2O)n1. The summed E-state index contributed by atoms with van der Waals surface area (Å²) in [6.45, 7) is 1.15. The molecule has 4 atom stereocenters. The fourth-order valence-corrected chi connectivity index (χ4v) is 1.67. The van der Waals surface area contributed by atoms with Gasteiger partial charge in [-0.2, -0.15) is 0 Å². The van der Waals surface area contributed by atoms with Crippen molar-refractivity contribution in [3.63, 3.8) is 0 Å². The van der Waals surface area contributed by atoms with Crippen molar-refractivity contribution < 1.29 is 20.1 Å².